The van der Waals surface area contributed by atoms with Crippen LogP contribution in [0, 0.1) is 0 Å². The van der Waals surface area contributed by atoms with Crippen LogP contribution >= 0.6 is 0 Å². The second kappa shape index (κ2) is 6.95. The molecule has 0 unspecified atom stereocenters. The molecule has 2 N–H and O–H groups in total. The standard InChI is InChI=1S/C24H26N4/c1-3-16-6-5-7-17(4-2)23(16)28-24(20-15-25-12-11-22(20)27-28)19-8-9-21-18(14-19)10-13-26-21/h5-10,13-14,25-26H,3-4,11-12,15H2,1-2H3. The van der Waals surface area contributed by atoms with Crippen molar-refractivity contribution in [2.75, 3.05) is 6.54 Å². The van der Waals surface area contributed by atoms with Gasteiger partial charge in [-0.15, -0.1) is 0 Å². The third-order valence-electron chi connectivity index (χ3n) is 5.91. The SMILES string of the molecule is CCc1cccc(CC)c1-n1nc2c(c1-c1ccc3[nH]ccc3c1)CNCC2. The van der Waals surface area contributed by atoms with E-state index in [1.807, 2.05) is 6.20 Å². The highest BCUT2D eigenvalue weighted by Crippen LogP contribution is 2.34. The van der Waals surface area contributed by atoms with Crippen molar-refractivity contribution in [2.45, 2.75) is 39.7 Å². The molecule has 28 heavy (non-hydrogen) atoms. The van der Waals surface area contributed by atoms with Crippen molar-refractivity contribution in [1.29, 1.82) is 0 Å². The smallest absolute Gasteiger partial charge is 0.0789 e. The fourth-order valence-corrected chi connectivity index (χ4v) is 4.45. The molecule has 0 spiro atoms. The highest BCUT2D eigenvalue weighted by atomic mass is 15.3. The molecule has 0 saturated carbocycles. The average Bonchev–Trinajstić information content (AvgIpc) is 3.36. The summed E-state index contributed by atoms with van der Waals surface area (Å²) >= 11 is 0. The monoisotopic (exact) mass is 370 g/mol. The summed E-state index contributed by atoms with van der Waals surface area (Å²) in [7, 11) is 0. The Hall–Kier alpha value is -2.85. The van der Waals surface area contributed by atoms with E-state index in [4.69, 9.17) is 5.10 Å². The molecule has 4 heteroatoms. The molecule has 0 atom stereocenters. The van der Waals surface area contributed by atoms with Gasteiger partial charge >= 0.3 is 0 Å². The van der Waals surface area contributed by atoms with Gasteiger partial charge in [-0.05, 0) is 42.2 Å². The zero-order chi connectivity index (χ0) is 19.1. The fraction of sp³-hybridized carbons (Fsp3) is 0.292. The highest BCUT2D eigenvalue weighted by Gasteiger charge is 2.24. The zero-order valence-electron chi connectivity index (χ0n) is 16.5. The summed E-state index contributed by atoms with van der Waals surface area (Å²) < 4.78 is 2.24. The molecule has 0 radical (unpaired) electrons. The number of hydrogen-bond acceptors (Lipinski definition) is 2. The van der Waals surface area contributed by atoms with Crippen molar-refractivity contribution in [1.82, 2.24) is 20.1 Å². The Balaban J connectivity index is 1.81. The number of aromatic nitrogens is 3. The lowest BCUT2D eigenvalue weighted by molar-refractivity contribution is 0.635. The first kappa shape index (κ1) is 17.3. The van der Waals surface area contributed by atoms with Gasteiger partial charge in [0.25, 0.3) is 0 Å². The van der Waals surface area contributed by atoms with Crippen LogP contribution in [0.15, 0.2) is 48.7 Å². The van der Waals surface area contributed by atoms with Gasteiger partial charge in [0.1, 0.15) is 0 Å². The molecular weight excluding hydrogens is 344 g/mol. The van der Waals surface area contributed by atoms with Crippen molar-refractivity contribution in [3.63, 3.8) is 0 Å². The van der Waals surface area contributed by atoms with Crippen molar-refractivity contribution in [2.24, 2.45) is 0 Å². The second-order valence-electron chi connectivity index (χ2n) is 7.52. The van der Waals surface area contributed by atoms with Gasteiger partial charge in [-0.1, -0.05) is 38.1 Å². The van der Waals surface area contributed by atoms with Crippen molar-refractivity contribution in [3.05, 3.63) is 71.0 Å². The molecule has 0 amide bonds. The minimum atomic E-state index is 0.881. The molecule has 2 aromatic heterocycles. The van der Waals surface area contributed by atoms with E-state index in [0.29, 0.717) is 0 Å². The van der Waals surface area contributed by atoms with E-state index in [9.17, 15) is 0 Å². The van der Waals surface area contributed by atoms with Crippen LogP contribution in [0.5, 0.6) is 0 Å². The molecule has 1 aliphatic heterocycles. The predicted molar refractivity (Wildman–Crippen MR) is 115 cm³/mol. The molecule has 3 heterocycles. The van der Waals surface area contributed by atoms with E-state index in [1.54, 1.807) is 0 Å². The number of rotatable bonds is 4. The van der Waals surface area contributed by atoms with E-state index in [2.05, 4.69) is 71.3 Å². The molecule has 1 aliphatic rings. The third-order valence-corrected chi connectivity index (χ3v) is 5.91. The number of nitrogens with zero attached hydrogens (tertiary/aromatic N) is 2. The average molecular weight is 371 g/mol. The number of nitrogens with one attached hydrogen (secondary N) is 2. The molecule has 0 saturated heterocycles. The first-order valence-corrected chi connectivity index (χ1v) is 10.3. The van der Waals surface area contributed by atoms with Crippen LogP contribution in [0.3, 0.4) is 0 Å². The number of benzene rings is 2. The number of para-hydroxylation sites is 1. The van der Waals surface area contributed by atoms with Gasteiger partial charge in [-0.25, -0.2) is 4.68 Å². The molecule has 4 nitrogen and oxygen atoms in total. The van der Waals surface area contributed by atoms with Crippen LogP contribution in [0.1, 0.15) is 36.2 Å². The van der Waals surface area contributed by atoms with Crippen molar-refractivity contribution in [3.8, 4) is 16.9 Å². The van der Waals surface area contributed by atoms with Gasteiger partial charge in [-0.2, -0.15) is 5.10 Å². The van der Waals surface area contributed by atoms with Gasteiger partial charge in [0, 0.05) is 47.7 Å². The van der Waals surface area contributed by atoms with Crippen LogP contribution in [0.2, 0.25) is 0 Å². The van der Waals surface area contributed by atoms with Gasteiger partial charge in [-0.3, -0.25) is 0 Å². The molecule has 142 valence electrons. The summed E-state index contributed by atoms with van der Waals surface area (Å²) in [5, 5.41) is 9.94. The van der Waals surface area contributed by atoms with Crippen molar-refractivity contribution >= 4 is 10.9 Å². The van der Waals surface area contributed by atoms with Gasteiger partial charge in [0.05, 0.1) is 17.1 Å². The number of fused-ring (bicyclic) bond motifs is 2. The van der Waals surface area contributed by atoms with E-state index >= 15 is 0 Å². The van der Waals surface area contributed by atoms with Crippen molar-refractivity contribution < 1.29 is 0 Å². The Morgan fingerprint density at radius 2 is 1.86 bits per heavy atom. The number of aromatic amines is 1. The molecule has 5 rings (SSSR count). The predicted octanol–water partition coefficient (Wildman–Crippen LogP) is 4.79. The molecule has 0 aliphatic carbocycles. The molecule has 4 aromatic rings. The van der Waals surface area contributed by atoms with E-state index in [0.717, 1.165) is 32.4 Å². The van der Waals surface area contributed by atoms with E-state index in [-0.39, 0.29) is 0 Å². The van der Waals surface area contributed by atoms with Gasteiger partial charge in [0.2, 0.25) is 0 Å². The first-order chi connectivity index (χ1) is 13.8. The fourth-order valence-electron chi connectivity index (χ4n) is 4.45. The highest BCUT2D eigenvalue weighted by molar-refractivity contribution is 5.85. The summed E-state index contributed by atoms with van der Waals surface area (Å²) in [6.45, 7) is 6.34. The maximum atomic E-state index is 5.15. The quantitative estimate of drug-likeness (QED) is 0.542. The molecule has 2 aromatic carbocycles. The lowest BCUT2D eigenvalue weighted by Crippen LogP contribution is -2.23. The summed E-state index contributed by atoms with van der Waals surface area (Å²) in [6, 6.07) is 15.5. The van der Waals surface area contributed by atoms with Gasteiger partial charge in [0.15, 0.2) is 0 Å². The molecular formula is C24H26N4. The summed E-state index contributed by atoms with van der Waals surface area (Å²) in [5.41, 5.74) is 10.2. The number of H-pyrrole nitrogens is 1. The van der Waals surface area contributed by atoms with Crippen LogP contribution in [0.25, 0.3) is 27.8 Å². The zero-order valence-corrected chi connectivity index (χ0v) is 16.5. The first-order valence-electron chi connectivity index (χ1n) is 10.3. The summed E-state index contributed by atoms with van der Waals surface area (Å²) in [4.78, 5) is 3.30. The largest absolute Gasteiger partial charge is 0.361 e. The lowest BCUT2D eigenvalue weighted by atomic mass is 9.99. The lowest BCUT2D eigenvalue weighted by Gasteiger charge is -2.17. The maximum absolute atomic E-state index is 5.15. The van der Waals surface area contributed by atoms with Crippen LogP contribution in [-0.4, -0.2) is 21.3 Å². The Kier molecular flexibility index (Phi) is 4.29. The second-order valence-corrected chi connectivity index (χ2v) is 7.52. The topological polar surface area (TPSA) is 45.6 Å². The molecule has 0 fully saturated rings. The Bertz CT molecular complexity index is 1130. The molecule has 0 bridgehead atoms. The maximum Gasteiger partial charge on any atom is 0.0789 e. The summed E-state index contributed by atoms with van der Waals surface area (Å²) in [6.07, 6.45) is 4.99. The number of hydrogen-bond donors (Lipinski definition) is 2. The Morgan fingerprint density at radius 1 is 1.04 bits per heavy atom. The van der Waals surface area contributed by atoms with Crippen LogP contribution in [0.4, 0.5) is 0 Å². The van der Waals surface area contributed by atoms with Crippen LogP contribution in [-0.2, 0) is 25.8 Å². The Morgan fingerprint density at radius 3 is 2.64 bits per heavy atom. The summed E-state index contributed by atoms with van der Waals surface area (Å²) in [5.74, 6) is 0. The minimum absolute atomic E-state index is 0.881. The van der Waals surface area contributed by atoms with Crippen LogP contribution < -0.4 is 5.32 Å². The van der Waals surface area contributed by atoms with E-state index in [1.165, 1.54) is 50.2 Å². The Labute approximate surface area is 165 Å². The van der Waals surface area contributed by atoms with E-state index < -0.39 is 0 Å². The minimum Gasteiger partial charge on any atom is -0.361 e. The normalized spacial score (nSPS) is 13.8. The third kappa shape index (κ3) is 2.68. The number of aryl methyl sites for hydroxylation is 2. The van der Waals surface area contributed by atoms with Gasteiger partial charge < -0.3 is 10.3 Å².